The first-order valence-corrected chi connectivity index (χ1v) is 7.83. The van der Waals surface area contributed by atoms with Crippen molar-refractivity contribution in [1.82, 2.24) is 10.2 Å². The van der Waals surface area contributed by atoms with Gasteiger partial charge in [-0.05, 0) is 42.4 Å². The van der Waals surface area contributed by atoms with Gasteiger partial charge in [-0.3, -0.25) is 4.90 Å². The summed E-state index contributed by atoms with van der Waals surface area (Å²) >= 11 is 2.00. The average Bonchev–Trinajstić information content (AvgIpc) is 2.46. The number of rotatable bonds is 3. The van der Waals surface area contributed by atoms with Crippen LogP contribution in [-0.4, -0.2) is 43.5 Å². The fourth-order valence-corrected chi connectivity index (χ4v) is 3.56. The number of hydrogen-bond acceptors (Lipinski definition) is 4. The molecule has 3 rings (SSSR count). The third-order valence-electron chi connectivity index (χ3n) is 3.62. The van der Waals surface area contributed by atoms with E-state index in [-0.39, 0.29) is 0 Å². The van der Waals surface area contributed by atoms with E-state index < -0.39 is 0 Å². The smallest absolute Gasteiger partial charge is 0.0679 e. The Labute approximate surface area is 113 Å². The predicted molar refractivity (Wildman–Crippen MR) is 78.4 cm³/mol. The maximum absolute atomic E-state index is 3.55. The van der Waals surface area contributed by atoms with Crippen LogP contribution < -0.4 is 10.6 Å². The first-order chi connectivity index (χ1) is 8.92. The van der Waals surface area contributed by atoms with Crippen molar-refractivity contribution in [2.45, 2.75) is 17.7 Å². The average molecular weight is 263 g/mol. The molecule has 0 amide bonds. The molecule has 2 N–H and O–H groups in total. The summed E-state index contributed by atoms with van der Waals surface area (Å²) < 4.78 is 0. The topological polar surface area (TPSA) is 27.3 Å². The van der Waals surface area contributed by atoms with Crippen molar-refractivity contribution < 1.29 is 0 Å². The molecule has 0 aliphatic carbocycles. The third kappa shape index (κ3) is 2.99. The van der Waals surface area contributed by atoms with E-state index in [0.29, 0.717) is 0 Å². The summed E-state index contributed by atoms with van der Waals surface area (Å²) in [6.07, 6.45) is 2.56. The molecule has 98 valence electrons. The molecular formula is C14H21N3S. The standard InChI is InChI=1S/C14H21N3S/c1-2-12-10-13(3-4-14(12)18-9-1)16-11-17-7-5-15-6-8-17/h3-4,10,15-16H,1-2,5-9,11H2. The van der Waals surface area contributed by atoms with E-state index in [2.05, 4.69) is 33.7 Å². The quantitative estimate of drug-likeness (QED) is 0.872. The molecule has 0 unspecified atom stereocenters. The van der Waals surface area contributed by atoms with Gasteiger partial charge in [-0.15, -0.1) is 11.8 Å². The molecule has 1 fully saturated rings. The molecule has 1 aromatic carbocycles. The zero-order valence-electron chi connectivity index (χ0n) is 10.7. The number of nitrogens with zero attached hydrogens (tertiary/aromatic N) is 1. The number of hydrogen-bond donors (Lipinski definition) is 2. The molecule has 3 nitrogen and oxygen atoms in total. The molecule has 0 atom stereocenters. The van der Waals surface area contributed by atoms with Crippen LogP contribution in [0, 0.1) is 0 Å². The van der Waals surface area contributed by atoms with Crippen LogP contribution in [0.4, 0.5) is 5.69 Å². The number of thioether (sulfide) groups is 1. The van der Waals surface area contributed by atoms with Gasteiger partial charge < -0.3 is 10.6 Å². The molecule has 2 aliphatic rings. The summed E-state index contributed by atoms with van der Waals surface area (Å²) in [6, 6.07) is 6.84. The van der Waals surface area contributed by atoms with Gasteiger partial charge in [0.05, 0.1) is 6.67 Å². The van der Waals surface area contributed by atoms with Gasteiger partial charge in [-0.1, -0.05) is 0 Å². The Kier molecular flexibility index (Phi) is 4.08. The van der Waals surface area contributed by atoms with Gasteiger partial charge in [0.1, 0.15) is 0 Å². The lowest BCUT2D eigenvalue weighted by molar-refractivity contribution is 0.256. The minimum absolute atomic E-state index is 0.966. The van der Waals surface area contributed by atoms with Crippen LogP contribution in [0.2, 0.25) is 0 Å². The van der Waals surface area contributed by atoms with Crippen molar-refractivity contribution >= 4 is 17.4 Å². The van der Waals surface area contributed by atoms with Gasteiger partial charge in [0.25, 0.3) is 0 Å². The van der Waals surface area contributed by atoms with E-state index in [9.17, 15) is 0 Å². The van der Waals surface area contributed by atoms with Gasteiger partial charge in [0, 0.05) is 36.8 Å². The second-order valence-electron chi connectivity index (χ2n) is 4.98. The molecule has 0 saturated carbocycles. The number of anilines is 1. The molecule has 1 saturated heterocycles. The monoisotopic (exact) mass is 263 g/mol. The molecule has 0 bridgehead atoms. The SMILES string of the molecule is c1cc2c(cc1NCN1CCNCC1)CCCS2. The minimum Gasteiger partial charge on any atom is -0.372 e. The van der Waals surface area contributed by atoms with Crippen molar-refractivity contribution in [2.24, 2.45) is 0 Å². The minimum atomic E-state index is 0.966. The van der Waals surface area contributed by atoms with E-state index in [1.54, 1.807) is 0 Å². The van der Waals surface area contributed by atoms with Gasteiger partial charge in [0.2, 0.25) is 0 Å². The van der Waals surface area contributed by atoms with Crippen LogP contribution in [0.3, 0.4) is 0 Å². The molecule has 2 aliphatic heterocycles. The highest BCUT2D eigenvalue weighted by Gasteiger charge is 2.11. The Hall–Kier alpha value is -0.710. The van der Waals surface area contributed by atoms with E-state index in [1.165, 1.54) is 34.7 Å². The highest BCUT2D eigenvalue weighted by atomic mass is 32.2. The lowest BCUT2D eigenvalue weighted by atomic mass is 10.1. The van der Waals surface area contributed by atoms with Gasteiger partial charge in [-0.2, -0.15) is 0 Å². The second kappa shape index (κ2) is 5.95. The summed E-state index contributed by atoms with van der Waals surface area (Å²) in [6.45, 7) is 5.49. The number of fused-ring (bicyclic) bond motifs is 1. The highest BCUT2D eigenvalue weighted by molar-refractivity contribution is 7.99. The van der Waals surface area contributed by atoms with Crippen molar-refractivity contribution in [3.05, 3.63) is 23.8 Å². The third-order valence-corrected chi connectivity index (χ3v) is 4.83. The van der Waals surface area contributed by atoms with E-state index in [0.717, 1.165) is 32.8 Å². The summed E-state index contributed by atoms with van der Waals surface area (Å²) in [5.74, 6) is 1.28. The fraction of sp³-hybridized carbons (Fsp3) is 0.571. The van der Waals surface area contributed by atoms with Crippen LogP contribution in [-0.2, 0) is 6.42 Å². The van der Waals surface area contributed by atoms with E-state index >= 15 is 0 Å². The van der Waals surface area contributed by atoms with Crippen molar-refractivity contribution in [3.8, 4) is 0 Å². The molecule has 0 aromatic heterocycles. The molecular weight excluding hydrogens is 242 g/mol. The van der Waals surface area contributed by atoms with Crippen LogP contribution in [0.1, 0.15) is 12.0 Å². The molecule has 4 heteroatoms. The molecule has 2 heterocycles. The van der Waals surface area contributed by atoms with Crippen LogP contribution in [0.15, 0.2) is 23.1 Å². The fourth-order valence-electron chi connectivity index (χ4n) is 2.54. The van der Waals surface area contributed by atoms with Crippen molar-refractivity contribution in [3.63, 3.8) is 0 Å². The largest absolute Gasteiger partial charge is 0.372 e. The summed E-state index contributed by atoms with van der Waals surface area (Å²) in [5, 5.41) is 6.93. The summed E-state index contributed by atoms with van der Waals surface area (Å²) in [4.78, 5) is 3.94. The van der Waals surface area contributed by atoms with Crippen LogP contribution in [0.5, 0.6) is 0 Å². The normalized spacial score (nSPS) is 20.4. The Morgan fingerprint density at radius 3 is 3.06 bits per heavy atom. The van der Waals surface area contributed by atoms with Gasteiger partial charge >= 0.3 is 0 Å². The van der Waals surface area contributed by atoms with Crippen LogP contribution in [0.25, 0.3) is 0 Å². The van der Waals surface area contributed by atoms with Gasteiger partial charge in [0.15, 0.2) is 0 Å². The lowest BCUT2D eigenvalue weighted by Crippen LogP contribution is -2.45. The Morgan fingerprint density at radius 1 is 1.28 bits per heavy atom. The van der Waals surface area contributed by atoms with E-state index in [4.69, 9.17) is 0 Å². The molecule has 0 spiro atoms. The van der Waals surface area contributed by atoms with Crippen LogP contribution >= 0.6 is 11.8 Å². The second-order valence-corrected chi connectivity index (χ2v) is 6.11. The zero-order valence-corrected chi connectivity index (χ0v) is 11.6. The Balaban J connectivity index is 1.58. The predicted octanol–water partition coefficient (Wildman–Crippen LogP) is 2.00. The number of nitrogens with one attached hydrogen (secondary N) is 2. The molecule has 18 heavy (non-hydrogen) atoms. The van der Waals surface area contributed by atoms with Crippen molar-refractivity contribution in [1.29, 1.82) is 0 Å². The maximum atomic E-state index is 3.55. The van der Waals surface area contributed by atoms with Gasteiger partial charge in [-0.25, -0.2) is 0 Å². The van der Waals surface area contributed by atoms with E-state index in [1.807, 2.05) is 11.8 Å². The first kappa shape index (κ1) is 12.3. The van der Waals surface area contributed by atoms with Crippen molar-refractivity contribution in [2.75, 3.05) is 43.9 Å². The molecule has 0 radical (unpaired) electrons. The first-order valence-electron chi connectivity index (χ1n) is 6.84. The highest BCUT2D eigenvalue weighted by Crippen LogP contribution is 2.31. The summed E-state index contributed by atoms with van der Waals surface area (Å²) in [5.41, 5.74) is 2.80. The number of benzene rings is 1. The Bertz CT molecular complexity index is 402. The summed E-state index contributed by atoms with van der Waals surface area (Å²) in [7, 11) is 0. The number of piperazine rings is 1. The molecule has 1 aromatic rings. The lowest BCUT2D eigenvalue weighted by Gasteiger charge is -2.28. The zero-order chi connectivity index (χ0) is 12.2. The number of aryl methyl sites for hydroxylation is 1. The Morgan fingerprint density at radius 2 is 2.17 bits per heavy atom. The maximum Gasteiger partial charge on any atom is 0.0679 e.